The van der Waals surface area contributed by atoms with Crippen molar-refractivity contribution in [1.29, 1.82) is 0 Å². The van der Waals surface area contributed by atoms with Crippen molar-refractivity contribution in [1.82, 2.24) is 0 Å². The molecule has 0 N–H and O–H groups in total. The fraction of sp³-hybridized carbons (Fsp3) is 0.625. The SMILES string of the molecule is CC1CCC(C(F)(F)OC2CCC(C3CCC(c4ccc(-c5cc(F)c(F)c(F)c5)c(F)c4)CC3)CC2)CC1. The van der Waals surface area contributed by atoms with E-state index in [1.54, 1.807) is 6.07 Å². The van der Waals surface area contributed by atoms with Gasteiger partial charge >= 0.3 is 6.11 Å². The zero-order chi connectivity index (χ0) is 27.7. The van der Waals surface area contributed by atoms with E-state index < -0.39 is 35.3 Å². The monoisotopic (exact) mass is 552 g/mol. The summed E-state index contributed by atoms with van der Waals surface area (Å²) in [7, 11) is 0. The van der Waals surface area contributed by atoms with Crippen molar-refractivity contribution in [2.45, 2.75) is 102 Å². The lowest BCUT2D eigenvalue weighted by Crippen LogP contribution is -2.39. The topological polar surface area (TPSA) is 9.23 Å². The number of hydrogen-bond acceptors (Lipinski definition) is 1. The molecule has 3 aliphatic rings. The van der Waals surface area contributed by atoms with Crippen LogP contribution in [-0.4, -0.2) is 12.2 Å². The molecule has 0 atom stereocenters. The summed E-state index contributed by atoms with van der Waals surface area (Å²) in [6, 6.07) is 6.33. The van der Waals surface area contributed by atoms with E-state index in [1.165, 1.54) is 12.1 Å². The quantitative estimate of drug-likeness (QED) is 0.256. The Kier molecular flexibility index (Phi) is 8.65. The van der Waals surface area contributed by atoms with E-state index >= 15 is 0 Å². The average molecular weight is 553 g/mol. The van der Waals surface area contributed by atoms with Gasteiger partial charge in [-0.05, 0) is 117 Å². The highest BCUT2D eigenvalue weighted by molar-refractivity contribution is 5.65. The molecule has 39 heavy (non-hydrogen) atoms. The minimum absolute atomic E-state index is 0.0350. The van der Waals surface area contributed by atoms with E-state index in [9.17, 15) is 26.3 Å². The van der Waals surface area contributed by atoms with Gasteiger partial charge in [0.1, 0.15) is 5.82 Å². The molecule has 3 fully saturated rings. The van der Waals surface area contributed by atoms with Crippen LogP contribution in [0.1, 0.15) is 95.5 Å². The van der Waals surface area contributed by atoms with Crippen molar-refractivity contribution < 1.29 is 31.1 Å². The molecule has 5 rings (SSSR count). The van der Waals surface area contributed by atoms with Gasteiger partial charge in [-0.3, -0.25) is 0 Å². The van der Waals surface area contributed by atoms with Gasteiger partial charge in [0.15, 0.2) is 17.5 Å². The molecule has 0 aromatic heterocycles. The number of halogens is 6. The molecule has 2 aromatic carbocycles. The summed E-state index contributed by atoms with van der Waals surface area (Å²) in [4.78, 5) is 0. The maximum absolute atomic E-state index is 14.9. The van der Waals surface area contributed by atoms with Crippen molar-refractivity contribution in [2.75, 3.05) is 0 Å². The first kappa shape index (κ1) is 28.5. The van der Waals surface area contributed by atoms with E-state index in [-0.39, 0.29) is 23.1 Å². The van der Waals surface area contributed by atoms with Crippen LogP contribution in [-0.2, 0) is 4.74 Å². The smallest absolute Gasteiger partial charge is 0.317 e. The molecule has 0 bridgehead atoms. The van der Waals surface area contributed by atoms with E-state index in [0.717, 1.165) is 69.1 Å². The van der Waals surface area contributed by atoms with Gasteiger partial charge in [-0.2, -0.15) is 8.78 Å². The van der Waals surface area contributed by atoms with Gasteiger partial charge in [0.05, 0.1) is 12.0 Å². The molecule has 0 unspecified atom stereocenters. The molecule has 3 saturated carbocycles. The number of rotatable bonds is 6. The van der Waals surface area contributed by atoms with Crippen LogP contribution in [0.2, 0.25) is 0 Å². The maximum atomic E-state index is 14.9. The molecule has 7 heteroatoms. The van der Waals surface area contributed by atoms with Gasteiger partial charge in [-0.1, -0.05) is 31.9 Å². The third-order valence-electron chi connectivity index (χ3n) is 9.73. The second kappa shape index (κ2) is 11.8. The first-order valence-corrected chi connectivity index (χ1v) is 14.6. The van der Waals surface area contributed by atoms with Crippen molar-refractivity contribution in [3.63, 3.8) is 0 Å². The van der Waals surface area contributed by atoms with Crippen LogP contribution < -0.4 is 0 Å². The highest BCUT2D eigenvalue weighted by atomic mass is 19.3. The van der Waals surface area contributed by atoms with E-state index in [0.29, 0.717) is 43.4 Å². The van der Waals surface area contributed by atoms with Crippen molar-refractivity contribution in [3.05, 3.63) is 59.2 Å². The normalized spacial score (nSPS) is 30.3. The summed E-state index contributed by atoms with van der Waals surface area (Å²) in [5.41, 5.74) is 0.854. The number of alkyl halides is 2. The van der Waals surface area contributed by atoms with Crippen LogP contribution in [0.4, 0.5) is 26.3 Å². The van der Waals surface area contributed by atoms with Crippen LogP contribution in [0.5, 0.6) is 0 Å². The Balaban J connectivity index is 1.11. The lowest BCUT2D eigenvalue weighted by molar-refractivity contribution is -0.302. The molecular formula is C32H38F6O. The fourth-order valence-electron chi connectivity index (χ4n) is 7.25. The summed E-state index contributed by atoms with van der Waals surface area (Å²) in [5, 5.41) is 0. The molecule has 0 amide bonds. The minimum atomic E-state index is -3.03. The van der Waals surface area contributed by atoms with Crippen LogP contribution in [0.25, 0.3) is 11.1 Å². The van der Waals surface area contributed by atoms with Crippen molar-refractivity contribution in [3.8, 4) is 11.1 Å². The first-order valence-electron chi connectivity index (χ1n) is 14.6. The van der Waals surface area contributed by atoms with Crippen LogP contribution >= 0.6 is 0 Å². The predicted octanol–water partition coefficient (Wildman–Crippen LogP) is 10.2. The van der Waals surface area contributed by atoms with Gasteiger partial charge < -0.3 is 4.74 Å². The summed E-state index contributed by atoms with van der Waals surface area (Å²) in [5.74, 6) is -3.73. The Morgan fingerprint density at radius 3 is 1.79 bits per heavy atom. The van der Waals surface area contributed by atoms with Crippen LogP contribution in [0.15, 0.2) is 30.3 Å². The summed E-state index contributed by atoms with van der Waals surface area (Å²) in [6.45, 7) is 2.13. The highest BCUT2D eigenvalue weighted by Crippen LogP contribution is 2.46. The fourth-order valence-corrected chi connectivity index (χ4v) is 7.25. The Hall–Kier alpha value is -2.02. The molecule has 3 aliphatic carbocycles. The third-order valence-corrected chi connectivity index (χ3v) is 9.73. The van der Waals surface area contributed by atoms with Crippen LogP contribution in [0, 0.1) is 46.9 Å². The average Bonchev–Trinajstić information content (AvgIpc) is 2.92. The number of benzene rings is 2. The molecule has 2 aromatic rings. The van der Waals surface area contributed by atoms with Crippen molar-refractivity contribution >= 4 is 0 Å². The second-order valence-corrected chi connectivity index (χ2v) is 12.3. The highest BCUT2D eigenvalue weighted by Gasteiger charge is 2.44. The summed E-state index contributed by atoms with van der Waals surface area (Å²) >= 11 is 0. The number of ether oxygens (including phenoxy) is 1. The lowest BCUT2D eigenvalue weighted by atomic mass is 9.69. The zero-order valence-electron chi connectivity index (χ0n) is 22.5. The van der Waals surface area contributed by atoms with Crippen molar-refractivity contribution in [2.24, 2.45) is 23.7 Å². The molecule has 0 spiro atoms. The molecular weight excluding hydrogens is 514 g/mol. The Bertz CT molecular complexity index is 1100. The molecule has 214 valence electrons. The predicted molar refractivity (Wildman–Crippen MR) is 139 cm³/mol. The molecule has 1 nitrogen and oxygen atoms in total. The summed E-state index contributed by atoms with van der Waals surface area (Å²) in [6.07, 6.45) is 6.43. The van der Waals surface area contributed by atoms with Gasteiger partial charge in [0.25, 0.3) is 0 Å². The molecule has 0 saturated heterocycles. The van der Waals surface area contributed by atoms with E-state index in [2.05, 4.69) is 6.92 Å². The largest absolute Gasteiger partial charge is 0.358 e. The molecule has 0 heterocycles. The standard InChI is InChI=1S/C32H38F6O/c1-19-2-11-25(12-3-19)32(37,38)39-26-13-8-21(9-14-26)20-4-6-22(7-5-20)23-10-15-27(28(33)16-23)24-17-29(34)31(36)30(35)18-24/h10,15-22,25-26H,2-9,11-14H2,1H3. The first-order chi connectivity index (χ1) is 18.6. The number of hydrogen-bond donors (Lipinski definition) is 0. The van der Waals surface area contributed by atoms with E-state index in [4.69, 9.17) is 4.74 Å². The molecule has 0 aliphatic heterocycles. The molecule has 0 radical (unpaired) electrons. The maximum Gasteiger partial charge on any atom is 0.358 e. The van der Waals surface area contributed by atoms with Gasteiger partial charge in [-0.25, -0.2) is 17.6 Å². The Morgan fingerprint density at radius 2 is 1.23 bits per heavy atom. The third kappa shape index (κ3) is 6.49. The van der Waals surface area contributed by atoms with Gasteiger partial charge in [0, 0.05) is 5.56 Å². The van der Waals surface area contributed by atoms with E-state index in [1.807, 2.05) is 0 Å². The van der Waals surface area contributed by atoms with Crippen LogP contribution in [0.3, 0.4) is 0 Å². The zero-order valence-corrected chi connectivity index (χ0v) is 22.5. The Labute approximate surface area is 227 Å². The van der Waals surface area contributed by atoms with Gasteiger partial charge in [0.2, 0.25) is 0 Å². The summed E-state index contributed by atoms with van der Waals surface area (Å²) < 4.78 is 90.4. The second-order valence-electron chi connectivity index (χ2n) is 12.3. The lowest BCUT2D eigenvalue weighted by Gasteiger charge is -2.40. The van der Waals surface area contributed by atoms with Gasteiger partial charge in [-0.15, -0.1) is 0 Å². The Morgan fingerprint density at radius 1 is 0.667 bits per heavy atom. The minimum Gasteiger partial charge on any atom is -0.317 e.